The van der Waals surface area contributed by atoms with Crippen LogP contribution in [0.25, 0.3) is 21.8 Å². The Bertz CT molecular complexity index is 1270. The number of anilines is 3. The maximum atomic E-state index is 9.85. The Morgan fingerprint density at radius 1 is 1.19 bits per heavy atom. The fourth-order valence-electron chi connectivity index (χ4n) is 3.53. The van der Waals surface area contributed by atoms with Gasteiger partial charge in [-0.25, -0.2) is 0 Å². The van der Waals surface area contributed by atoms with Crippen LogP contribution in [0.4, 0.5) is 17.1 Å². The highest BCUT2D eigenvalue weighted by Gasteiger charge is 2.17. The Hall–Kier alpha value is -3.79. The molecule has 0 unspecified atom stereocenters. The molecule has 2 aromatic heterocycles. The summed E-state index contributed by atoms with van der Waals surface area (Å²) in [5, 5.41) is 19.4. The fourth-order valence-corrected chi connectivity index (χ4v) is 3.53. The van der Waals surface area contributed by atoms with Crippen LogP contribution in [0.1, 0.15) is 39.0 Å². The van der Waals surface area contributed by atoms with Crippen LogP contribution in [0, 0.1) is 11.3 Å². The zero-order valence-electron chi connectivity index (χ0n) is 18.7. The molecule has 0 saturated heterocycles. The van der Waals surface area contributed by atoms with Crippen molar-refractivity contribution >= 4 is 38.9 Å². The molecular formula is C24H28N6O. The van der Waals surface area contributed by atoms with Gasteiger partial charge in [-0.15, -0.1) is 0 Å². The van der Waals surface area contributed by atoms with Crippen molar-refractivity contribution in [2.75, 3.05) is 17.7 Å². The van der Waals surface area contributed by atoms with E-state index in [0.717, 1.165) is 33.2 Å². The number of nitrogen functional groups attached to an aromatic ring is 1. The number of pyridine rings is 1. The number of nitrogens with two attached hydrogens (primary N) is 1. The zero-order chi connectivity index (χ0) is 22.5. The number of aromatic nitrogens is 3. The molecule has 7 nitrogen and oxygen atoms in total. The minimum atomic E-state index is 0.514. The Morgan fingerprint density at radius 2 is 1.97 bits per heavy atom. The predicted molar refractivity (Wildman–Crippen MR) is 127 cm³/mol. The molecule has 2 aromatic carbocycles. The van der Waals surface area contributed by atoms with Gasteiger partial charge in [0.25, 0.3) is 0 Å². The fraction of sp³-hybridized carbons (Fsp3) is 0.292. The predicted octanol–water partition coefficient (Wildman–Crippen LogP) is 5.31. The monoisotopic (exact) mass is 416 g/mol. The summed E-state index contributed by atoms with van der Waals surface area (Å²) < 4.78 is 7.45. The van der Waals surface area contributed by atoms with Crippen LogP contribution < -0.4 is 15.8 Å². The number of nitrogens with zero attached hydrogens (tertiary/aromatic N) is 4. The third-order valence-electron chi connectivity index (χ3n) is 4.95. The van der Waals surface area contributed by atoms with Crippen molar-refractivity contribution < 1.29 is 4.74 Å². The summed E-state index contributed by atoms with van der Waals surface area (Å²) in [6.07, 6.45) is 2.46. The Labute approximate surface area is 182 Å². The summed E-state index contributed by atoms with van der Waals surface area (Å²) in [6, 6.07) is 12.0. The van der Waals surface area contributed by atoms with E-state index in [-0.39, 0.29) is 0 Å². The number of ether oxygens (including phenoxy) is 1. The summed E-state index contributed by atoms with van der Waals surface area (Å²) in [6.45, 7) is 8.42. The molecule has 0 fully saturated rings. The lowest BCUT2D eigenvalue weighted by Crippen LogP contribution is -2.04. The summed E-state index contributed by atoms with van der Waals surface area (Å²) in [4.78, 5) is 4.69. The second-order valence-electron chi connectivity index (χ2n) is 6.78. The largest absolute Gasteiger partial charge is 0.492 e. The summed E-state index contributed by atoms with van der Waals surface area (Å²) >= 11 is 0. The number of nitriles is 1. The van der Waals surface area contributed by atoms with Gasteiger partial charge in [-0.1, -0.05) is 20.8 Å². The molecule has 0 aliphatic carbocycles. The smallest absolute Gasteiger partial charge is 0.144 e. The van der Waals surface area contributed by atoms with E-state index in [1.54, 1.807) is 0 Å². The van der Waals surface area contributed by atoms with E-state index in [0.29, 0.717) is 35.7 Å². The van der Waals surface area contributed by atoms with Gasteiger partial charge >= 0.3 is 0 Å². The van der Waals surface area contributed by atoms with Crippen LogP contribution in [0.5, 0.6) is 5.75 Å². The molecule has 0 bridgehead atoms. The average Bonchev–Trinajstić information content (AvgIpc) is 3.16. The van der Waals surface area contributed by atoms with Crippen molar-refractivity contribution in [2.45, 2.75) is 34.1 Å². The lowest BCUT2D eigenvalue weighted by atomic mass is 10.0. The number of rotatable bonds is 5. The maximum Gasteiger partial charge on any atom is 0.144 e. The second kappa shape index (κ2) is 9.35. The van der Waals surface area contributed by atoms with Crippen molar-refractivity contribution in [3.8, 4) is 11.8 Å². The molecule has 0 saturated carbocycles. The van der Waals surface area contributed by atoms with E-state index in [1.807, 2.05) is 76.0 Å². The number of hydrogen-bond donors (Lipinski definition) is 2. The van der Waals surface area contributed by atoms with Gasteiger partial charge < -0.3 is 15.8 Å². The van der Waals surface area contributed by atoms with Crippen molar-refractivity contribution in [1.29, 1.82) is 5.26 Å². The van der Waals surface area contributed by atoms with Crippen molar-refractivity contribution in [2.24, 2.45) is 7.05 Å². The molecule has 7 heteroatoms. The van der Waals surface area contributed by atoms with Crippen LogP contribution in [-0.4, -0.2) is 21.4 Å². The molecule has 3 N–H and O–H groups in total. The molecule has 4 aromatic rings. The van der Waals surface area contributed by atoms with Gasteiger partial charge in [0.15, 0.2) is 0 Å². The van der Waals surface area contributed by atoms with Crippen LogP contribution in [0.3, 0.4) is 0 Å². The molecule has 0 aliphatic heterocycles. The standard InChI is InChI=1S/C22H22N6O.C2H6/c1-4-18-16(11-23)22(15-9-17(24)21(29-5-2)10-19(15)27-18)26-14-6-7-20-13(8-14)12-25-28(20)3;1-2/h6-10,12H,4-5,24H2,1-3H3,(H,26,27);1-2H3. The molecule has 0 radical (unpaired) electrons. The van der Waals surface area contributed by atoms with Crippen LogP contribution in [0.15, 0.2) is 36.5 Å². The lowest BCUT2D eigenvalue weighted by Gasteiger charge is -2.16. The average molecular weight is 417 g/mol. The van der Waals surface area contributed by atoms with E-state index in [4.69, 9.17) is 15.5 Å². The minimum absolute atomic E-state index is 0.514. The maximum absolute atomic E-state index is 9.85. The highest BCUT2D eigenvalue weighted by atomic mass is 16.5. The van der Waals surface area contributed by atoms with Gasteiger partial charge in [0.1, 0.15) is 11.8 Å². The van der Waals surface area contributed by atoms with E-state index in [9.17, 15) is 5.26 Å². The Morgan fingerprint density at radius 3 is 2.65 bits per heavy atom. The first kappa shape index (κ1) is 21.9. The van der Waals surface area contributed by atoms with Crippen LogP contribution in [-0.2, 0) is 13.5 Å². The van der Waals surface area contributed by atoms with Crippen molar-refractivity contribution in [1.82, 2.24) is 14.8 Å². The summed E-state index contributed by atoms with van der Waals surface area (Å²) in [5.74, 6) is 0.599. The molecule has 0 spiro atoms. The van der Waals surface area contributed by atoms with Crippen molar-refractivity contribution in [3.05, 3.63) is 47.8 Å². The molecule has 4 rings (SSSR count). The van der Waals surface area contributed by atoms with Crippen LogP contribution >= 0.6 is 0 Å². The highest BCUT2D eigenvalue weighted by molar-refractivity contribution is 6.00. The third kappa shape index (κ3) is 4.10. The lowest BCUT2D eigenvalue weighted by molar-refractivity contribution is 0.342. The highest BCUT2D eigenvalue weighted by Crippen LogP contribution is 2.36. The van der Waals surface area contributed by atoms with Gasteiger partial charge in [0, 0.05) is 29.6 Å². The first-order valence-corrected chi connectivity index (χ1v) is 10.5. The van der Waals surface area contributed by atoms with Gasteiger partial charge in [-0.05, 0) is 37.6 Å². The van der Waals surface area contributed by atoms with Gasteiger partial charge in [-0.3, -0.25) is 9.67 Å². The first-order chi connectivity index (χ1) is 15.0. The summed E-state index contributed by atoms with van der Waals surface area (Å²) in [7, 11) is 1.91. The normalized spacial score (nSPS) is 10.5. The molecule has 0 aliphatic rings. The topological polar surface area (TPSA) is 102 Å². The number of nitrogens with one attached hydrogen (secondary N) is 1. The first-order valence-electron chi connectivity index (χ1n) is 10.5. The van der Waals surface area contributed by atoms with E-state index < -0.39 is 0 Å². The number of aryl methyl sites for hydroxylation is 2. The quantitative estimate of drug-likeness (QED) is 0.428. The molecule has 31 heavy (non-hydrogen) atoms. The molecular weight excluding hydrogens is 388 g/mol. The van der Waals surface area contributed by atoms with Crippen LogP contribution in [0.2, 0.25) is 0 Å². The summed E-state index contributed by atoms with van der Waals surface area (Å²) in [5.41, 5.74) is 11.3. The van der Waals surface area contributed by atoms with E-state index in [1.165, 1.54) is 0 Å². The molecule has 0 amide bonds. The van der Waals surface area contributed by atoms with E-state index >= 15 is 0 Å². The van der Waals surface area contributed by atoms with E-state index in [2.05, 4.69) is 16.5 Å². The zero-order valence-corrected chi connectivity index (χ0v) is 18.7. The van der Waals surface area contributed by atoms with Gasteiger partial charge in [0.05, 0.1) is 46.5 Å². The second-order valence-corrected chi connectivity index (χ2v) is 6.78. The van der Waals surface area contributed by atoms with Gasteiger partial charge in [-0.2, -0.15) is 10.4 Å². The van der Waals surface area contributed by atoms with Crippen molar-refractivity contribution in [3.63, 3.8) is 0 Å². The Balaban J connectivity index is 0.00000132. The SMILES string of the molecule is CC.CCOc1cc2nc(CC)c(C#N)c(Nc3ccc4c(cnn4C)c3)c2cc1N. The number of hydrogen-bond acceptors (Lipinski definition) is 6. The Kier molecular flexibility index (Phi) is 6.61. The third-order valence-corrected chi connectivity index (χ3v) is 4.95. The molecule has 2 heterocycles. The molecule has 160 valence electrons. The number of benzene rings is 2. The van der Waals surface area contributed by atoms with Gasteiger partial charge in [0.2, 0.25) is 0 Å². The minimum Gasteiger partial charge on any atom is -0.492 e. The number of fused-ring (bicyclic) bond motifs is 2. The molecule has 0 atom stereocenters.